The van der Waals surface area contributed by atoms with E-state index in [1.807, 2.05) is 24.4 Å². The van der Waals surface area contributed by atoms with E-state index in [0.717, 1.165) is 41.8 Å². The molecule has 0 bridgehead atoms. The number of rotatable bonds is 4. The van der Waals surface area contributed by atoms with Gasteiger partial charge in [-0.3, -0.25) is 0 Å². The van der Waals surface area contributed by atoms with Crippen LogP contribution in [-0.2, 0) is 0 Å². The lowest BCUT2D eigenvalue weighted by Crippen LogP contribution is -2.23. The molecule has 0 radical (unpaired) electrons. The van der Waals surface area contributed by atoms with Crippen LogP contribution in [-0.4, -0.2) is 38.2 Å². The minimum absolute atomic E-state index is 0.144. The Balaban J connectivity index is 1.41. The van der Waals surface area contributed by atoms with Gasteiger partial charge in [-0.2, -0.15) is 10.4 Å². The summed E-state index contributed by atoms with van der Waals surface area (Å²) in [6.07, 6.45) is 5.64. The number of ether oxygens (including phenoxy) is 1. The Bertz CT molecular complexity index is 1560. The number of H-pyrrole nitrogens is 1. The molecule has 1 aliphatic rings. The van der Waals surface area contributed by atoms with E-state index in [0.29, 0.717) is 28.3 Å². The Morgan fingerprint density at radius 3 is 2.82 bits per heavy atom. The Morgan fingerprint density at radius 2 is 2.03 bits per heavy atom. The standard InChI is InChI=1S/C25H20FN7O/c1-34-22-12-20-19(11-16(22)13-27)29-24(30-20)18-14-28-33-10-8-23(31-25(18)33)32-9-2-3-21(32)15-4-6-17(26)7-5-15/h4-8,10-12,14,21H,2-3,9H2,1H3,(H,29,30)/t21-/m1/s1. The van der Waals surface area contributed by atoms with Crippen LogP contribution in [0.25, 0.3) is 28.1 Å². The van der Waals surface area contributed by atoms with Gasteiger partial charge >= 0.3 is 0 Å². The normalized spacial score (nSPS) is 15.8. The second kappa shape index (κ2) is 7.85. The van der Waals surface area contributed by atoms with Gasteiger partial charge in [-0.15, -0.1) is 0 Å². The number of nitriles is 1. The van der Waals surface area contributed by atoms with Crippen molar-refractivity contribution in [3.05, 3.63) is 71.8 Å². The predicted octanol–water partition coefficient (Wildman–Crippen LogP) is 4.63. The lowest BCUT2D eigenvalue weighted by Gasteiger charge is -2.26. The number of halogens is 1. The monoisotopic (exact) mass is 453 g/mol. The van der Waals surface area contributed by atoms with Crippen LogP contribution in [0.2, 0.25) is 0 Å². The van der Waals surface area contributed by atoms with Gasteiger partial charge in [-0.05, 0) is 42.7 Å². The van der Waals surface area contributed by atoms with Crippen molar-refractivity contribution < 1.29 is 9.13 Å². The smallest absolute Gasteiger partial charge is 0.168 e. The highest BCUT2D eigenvalue weighted by Gasteiger charge is 2.28. The summed E-state index contributed by atoms with van der Waals surface area (Å²) in [4.78, 5) is 15.2. The zero-order valence-electron chi connectivity index (χ0n) is 18.4. The van der Waals surface area contributed by atoms with Gasteiger partial charge in [-0.25, -0.2) is 18.9 Å². The zero-order chi connectivity index (χ0) is 23.2. The minimum Gasteiger partial charge on any atom is -0.495 e. The summed E-state index contributed by atoms with van der Waals surface area (Å²) in [5, 5.41) is 13.8. The van der Waals surface area contributed by atoms with Crippen molar-refractivity contribution in [2.24, 2.45) is 0 Å². The maximum Gasteiger partial charge on any atom is 0.168 e. The van der Waals surface area contributed by atoms with Gasteiger partial charge in [0.1, 0.15) is 29.3 Å². The van der Waals surface area contributed by atoms with Gasteiger partial charge in [-0.1, -0.05) is 12.1 Å². The van der Waals surface area contributed by atoms with Gasteiger partial charge < -0.3 is 14.6 Å². The van der Waals surface area contributed by atoms with Crippen LogP contribution < -0.4 is 9.64 Å². The maximum absolute atomic E-state index is 13.4. The zero-order valence-corrected chi connectivity index (χ0v) is 18.4. The average molecular weight is 453 g/mol. The van der Waals surface area contributed by atoms with E-state index in [1.54, 1.807) is 22.8 Å². The molecule has 2 aromatic carbocycles. The van der Waals surface area contributed by atoms with Crippen LogP contribution >= 0.6 is 0 Å². The first-order chi connectivity index (χ1) is 16.6. The third kappa shape index (κ3) is 3.23. The van der Waals surface area contributed by atoms with E-state index in [1.165, 1.54) is 19.2 Å². The Kier molecular flexibility index (Phi) is 4.66. The summed E-state index contributed by atoms with van der Waals surface area (Å²) in [7, 11) is 1.53. The molecule has 0 spiro atoms. The third-order valence-electron chi connectivity index (χ3n) is 6.33. The van der Waals surface area contributed by atoms with Crippen molar-refractivity contribution in [1.29, 1.82) is 5.26 Å². The predicted molar refractivity (Wildman–Crippen MR) is 125 cm³/mol. The number of anilines is 1. The fourth-order valence-electron chi connectivity index (χ4n) is 4.68. The lowest BCUT2D eigenvalue weighted by atomic mass is 10.0. The third-order valence-corrected chi connectivity index (χ3v) is 6.33. The minimum atomic E-state index is -0.234. The van der Waals surface area contributed by atoms with Crippen LogP contribution in [0.4, 0.5) is 10.2 Å². The van der Waals surface area contributed by atoms with Crippen LogP contribution in [0.1, 0.15) is 30.0 Å². The van der Waals surface area contributed by atoms with Crippen LogP contribution in [0, 0.1) is 17.1 Å². The number of aromatic amines is 1. The van der Waals surface area contributed by atoms with E-state index >= 15 is 0 Å². The molecule has 1 atom stereocenters. The Morgan fingerprint density at radius 1 is 1.18 bits per heavy atom. The molecular formula is C25H20FN7O. The molecular weight excluding hydrogens is 433 g/mol. The Labute approximate surface area is 194 Å². The van der Waals surface area contributed by atoms with Crippen molar-refractivity contribution >= 4 is 22.5 Å². The van der Waals surface area contributed by atoms with Gasteiger partial charge in [0, 0.05) is 18.8 Å². The first-order valence-electron chi connectivity index (χ1n) is 11.0. The van der Waals surface area contributed by atoms with E-state index in [9.17, 15) is 9.65 Å². The summed E-state index contributed by atoms with van der Waals surface area (Å²) in [5.74, 6) is 1.70. The summed E-state index contributed by atoms with van der Waals surface area (Å²) < 4.78 is 20.5. The molecule has 34 heavy (non-hydrogen) atoms. The van der Waals surface area contributed by atoms with Gasteiger partial charge in [0.2, 0.25) is 0 Å². The number of hydrogen-bond acceptors (Lipinski definition) is 6. The number of methoxy groups -OCH3 is 1. The molecule has 0 aliphatic carbocycles. The summed E-state index contributed by atoms with van der Waals surface area (Å²) in [6.45, 7) is 0.871. The highest BCUT2D eigenvalue weighted by Crippen LogP contribution is 2.36. The molecule has 1 saturated heterocycles. The first kappa shape index (κ1) is 20.2. The fraction of sp³-hybridized carbons (Fsp3) is 0.200. The van der Waals surface area contributed by atoms with Crippen LogP contribution in [0.15, 0.2) is 54.9 Å². The molecule has 4 heterocycles. The highest BCUT2D eigenvalue weighted by molar-refractivity contribution is 5.85. The summed E-state index contributed by atoms with van der Waals surface area (Å²) >= 11 is 0. The number of nitrogens with zero attached hydrogens (tertiary/aromatic N) is 6. The second-order valence-electron chi connectivity index (χ2n) is 8.28. The molecule has 5 aromatic rings. The van der Waals surface area contributed by atoms with Crippen molar-refractivity contribution in [2.75, 3.05) is 18.6 Å². The van der Waals surface area contributed by atoms with Crippen LogP contribution in [0.3, 0.4) is 0 Å². The number of benzene rings is 2. The van der Waals surface area contributed by atoms with Crippen molar-refractivity contribution in [3.8, 4) is 23.2 Å². The molecule has 8 nitrogen and oxygen atoms in total. The number of nitrogens with one attached hydrogen (secondary N) is 1. The lowest BCUT2D eigenvalue weighted by molar-refractivity contribution is 0.414. The fourth-order valence-corrected chi connectivity index (χ4v) is 4.68. The topological polar surface area (TPSA) is 95.1 Å². The molecule has 168 valence electrons. The Hall–Kier alpha value is -4.45. The van der Waals surface area contributed by atoms with Crippen LogP contribution in [0.5, 0.6) is 5.75 Å². The maximum atomic E-state index is 13.4. The molecule has 1 aliphatic heterocycles. The number of imidazole rings is 1. The molecule has 0 saturated carbocycles. The van der Waals surface area contributed by atoms with E-state index in [-0.39, 0.29) is 11.9 Å². The summed E-state index contributed by atoms with van der Waals surface area (Å²) in [5.41, 5.74) is 4.37. The largest absolute Gasteiger partial charge is 0.495 e. The molecule has 3 aromatic heterocycles. The second-order valence-corrected chi connectivity index (χ2v) is 8.28. The molecule has 6 rings (SSSR count). The van der Waals surface area contributed by atoms with Gasteiger partial charge in [0.15, 0.2) is 5.65 Å². The molecule has 0 amide bonds. The number of hydrogen-bond donors (Lipinski definition) is 1. The van der Waals surface area contributed by atoms with E-state index in [2.05, 4.69) is 21.1 Å². The highest BCUT2D eigenvalue weighted by atomic mass is 19.1. The average Bonchev–Trinajstić information content (AvgIpc) is 3.60. The van der Waals surface area contributed by atoms with Gasteiger partial charge in [0.05, 0.1) is 41.5 Å². The molecule has 1 N–H and O–H groups in total. The molecule has 1 fully saturated rings. The molecule has 9 heteroatoms. The number of fused-ring (bicyclic) bond motifs is 2. The molecule has 0 unspecified atom stereocenters. The van der Waals surface area contributed by atoms with E-state index < -0.39 is 0 Å². The first-order valence-corrected chi connectivity index (χ1v) is 11.0. The van der Waals surface area contributed by atoms with Crippen molar-refractivity contribution in [3.63, 3.8) is 0 Å². The van der Waals surface area contributed by atoms with E-state index in [4.69, 9.17) is 14.7 Å². The number of aromatic nitrogens is 5. The van der Waals surface area contributed by atoms with Crippen molar-refractivity contribution in [1.82, 2.24) is 24.6 Å². The van der Waals surface area contributed by atoms with Gasteiger partial charge in [0.25, 0.3) is 0 Å². The SMILES string of the molecule is COc1cc2nc(-c3cnn4ccc(N5CCC[C@@H]5c5ccc(F)cc5)nc34)[nH]c2cc1C#N. The summed E-state index contributed by atoms with van der Waals surface area (Å²) in [6, 6.07) is 14.4. The van der Waals surface area contributed by atoms with Crippen molar-refractivity contribution in [2.45, 2.75) is 18.9 Å². The quantitative estimate of drug-likeness (QED) is 0.426.